The van der Waals surface area contributed by atoms with Gasteiger partial charge in [0.1, 0.15) is 16.6 Å². The molecule has 6 nitrogen and oxygen atoms in total. The van der Waals surface area contributed by atoms with Crippen molar-refractivity contribution in [1.82, 2.24) is 14.6 Å². The lowest BCUT2D eigenvalue weighted by atomic mass is 10.0. The van der Waals surface area contributed by atoms with Crippen molar-refractivity contribution in [2.45, 2.75) is 33.2 Å². The molecule has 0 unspecified atom stereocenters. The zero-order valence-corrected chi connectivity index (χ0v) is 13.2. The Morgan fingerprint density at radius 1 is 1.38 bits per heavy atom. The summed E-state index contributed by atoms with van der Waals surface area (Å²) in [5.41, 5.74) is 2.56. The van der Waals surface area contributed by atoms with Gasteiger partial charge in [-0.3, -0.25) is 4.79 Å². The van der Waals surface area contributed by atoms with Gasteiger partial charge in [-0.15, -0.1) is 0 Å². The molecule has 0 bridgehead atoms. The number of aromatic nitrogens is 3. The summed E-state index contributed by atoms with van der Waals surface area (Å²) in [7, 11) is 0. The largest absolute Gasteiger partial charge is 0.370 e. The van der Waals surface area contributed by atoms with E-state index >= 15 is 0 Å². The van der Waals surface area contributed by atoms with Crippen LogP contribution in [0, 0.1) is 11.3 Å². The topological polar surface area (TPSA) is 94.5 Å². The van der Waals surface area contributed by atoms with E-state index < -0.39 is 0 Å². The number of halogens is 1. The summed E-state index contributed by atoms with van der Waals surface area (Å²) < 4.78 is 3.92. The van der Waals surface area contributed by atoms with Gasteiger partial charge in [0.25, 0.3) is 5.56 Å². The molecule has 0 radical (unpaired) electrons. The van der Waals surface area contributed by atoms with Crippen LogP contribution in [-0.2, 0) is 19.4 Å². The first-order valence-electron chi connectivity index (χ1n) is 6.50. The number of anilines is 1. The second kappa shape index (κ2) is 6.70. The Morgan fingerprint density at radius 3 is 2.76 bits per heavy atom. The number of hydrogen-bond acceptors (Lipinski definition) is 6. The monoisotopic (exact) mass is 323 g/mol. The Balaban J connectivity index is 2.32. The van der Waals surface area contributed by atoms with E-state index in [1.165, 1.54) is 0 Å². The predicted molar refractivity (Wildman–Crippen MR) is 82.8 cm³/mol. The maximum Gasteiger partial charge on any atom is 0.269 e. The molecule has 2 heterocycles. The summed E-state index contributed by atoms with van der Waals surface area (Å²) in [4.78, 5) is 12.0. The Labute approximate surface area is 130 Å². The van der Waals surface area contributed by atoms with Gasteiger partial charge in [0, 0.05) is 12.1 Å². The lowest BCUT2D eigenvalue weighted by Gasteiger charge is -2.11. The van der Waals surface area contributed by atoms with Crippen LogP contribution in [-0.4, -0.2) is 14.6 Å². The minimum absolute atomic E-state index is 0.179. The maximum atomic E-state index is 12.0. The molecule has 0 aliphatic rings. The van der Waals surface area contributed by atoms with Crippen molar-refractivity contribution in [3.63, 3.8) is 0 Å². The van der Waals surface area contributed by atoms with Crippen molar-refractivity contribution in [3.8, 4) is 6.07 Å². The predicted octanol–water partition coefficient (Wildman–Crippen LogP) is 2.49. The third kappa shape index (κ3) is 3.06. The first kappa shape index (κ1) is 15.5. The molecule has 0 spiro atoms. The van der Waals surface area contributed by atoms with Gasteiger partial charge in [-0.05, 0) is 29.9 Å². The van der Waals surface area contributed by atoms with Crippen molar-refractivity contribution < 1.29 is 0 Å². The highest BCUT2D eigenvalue weighted by Gasteiger charge is 2.15. The standard InChI is InChI=1S/C13H14ClN5OS/c1-3-7-9(12(20)18-17-10(7)4-2)6-16-13-8(5-15)11(14)19-21-13/h16H,3-4,6H2,1-2H3,(H,18,20). The normalized spacial score (nSPS) is 10.4. The lowest BCUT2D eigenvalue weighted by molar-refractivity contribution is 0.827. The fourth-order valence-corrected chi connectivity index (χ4v) is 3.05. The van der Waals surface area contributed by atoms with Gasteiger partial charge >= 0.3 is 0 Å². The number of aryl methyl sites for hydroxylation is 1. The van der Waals surface area contributed by atoms with Gasteiger partial charge in [0.15, 0.2) is 5.15 Å². The molecule has 2 aromatic rings. The molecular weight excluding hydrogens is 310 g/mol. The molecule has 2 aromatic heterocycles. The van der Waals surface area contributed by atoms with Crippen LogP contribution in [0.25, 0.3) is 0 Å². The Kier molecular flexibility index (Phi) is 4.94. The second-order valence-corrected chi connectivity index (χ2v) is 5.44. The van der Waals surface area contributed by atoms with Crippen LogP contribution in [0.5, 0.6) is 0 Å². The second-order valence-electron chi connectivity index (χ2n) is 4.31. The number of H-pyrrole nitrogens is 1. The van der Waals surface area contributed by atoms with Gasteiger partial charge in [-0.1, -0.05) is 25.4 Å². The summed E-state index contributed by atoms with van der Waals surface area (Å²) in [5.74, 6) is 0. The average molecular weight is 324 g/mol. The van der Waals surface area contributed by atoms with Crippen LogP contribution in [0.4, 0.5) is 5.00 Å². The first-order valence-corrected chi connectivity index (χ1v) is 7.65. The minimum atomic E-state index is -0.217. The first-order chi connectivity index (χ1) is 10.1. The molecule has 0 fully saturated rings. The zero-order chi connectivity index (χ0) is 15.4. The lowest BCUT2D eigenvalue weighted by Crippen LogP contribution is -2.22. The van der Waals surface area contributed by atoms with E-state index in [-0.39, 0.29) is 10.7 Å². The zero-order valence-electron chi connectivity index (χ0n) is 11.7. The number of aromatic amines is 1. The molecular formula is C13H14ClN5OS. The molecule has 0 aliphatic heterocycles. The van der Waals surface area contributed by atoms with Crippen molar-refractivity contribution >= 4 is 28.1 Å². The third-order valence-corrected chi connectivity index (χ3v) is 4.33. The molecule has 2 rings (SSSR count). The van der Waals surface area contributed by atoms with E-state index in [0.717, 1.165) is 35.6 Å². The molecule has 0 amide bonds. The van der Waals surface area contributed by atoms with E-state index in [1.54, 1.807) is 0 Å². The van der Waals surface area contributed by atoms with Crippen LogP contribution >= 0.6 is 23.1 Å². The van der Waals surface area contributed by atoms with Crippen LogP contribution < -0.4 is 10.9 Å². The summed E-state index contributed by atoms with van der Waals surface area (Å²) in [6.07, 6.45) is 1.48. The van der Waals surface area contributed by atoms with Crippen molar-refractivity contribution in [1.29, 1.82) is 5.26 Å². The average Bonchev–Trinajstić information content (AvgIpc) is 2.85. The SMILES string of the molecule is CCc1n[nH]c(=O)c(CNc2snc(Cl)c2C#N)c1CC. The quantitative estimate of drug-likeness (QED) is 0.881. The van der Waals surface area contributed by atoms with E-state index in [0.29, 0.717) is 22.7 Å². The smallest absolute Gasteiger partial charge is 0.269 e. The fourth-order valence-electron chi connectivity index (χ4n) is 2.12. The molecule has 0 saturated carbocycles. The summed E-state index contributed by atoms with van der Waals surface area (Å²) in [6, 6.07) is 2.00. The molecule has 0 aromatic carbocycles. The number of nitrogens with zero attached hydrogens (tertiary/aromatic N) is 3. The van der Waals surface area contributed by atoms with Crippen molar-refractivity contribution in [2.75, 3.05) is 5.32 Å². The summed E-state index contributed by atoms with van der Waals surface area (Å²) >= 11 is 6.93. The van der Waals surface area contributed by atoms with Gasteiger partial charge in [-0.25, -0.2) is 5.10 Å². The highest BCUT2D eigenvalue weighted by Crippen LogP contribution is 2.28. The van der Waals surface area contributed by atoms with Crippen LogP contribution in [0.15, 0.2) is 4.79 Å². The van der Waals surface area contributed by atoms with Crippen molar-refractivity contribution in [2.24, 2.45) is 0 Å². The van der Waals surface area contributed by atoms with Crippen LogP contribution in [0.1, 0.15) is 36.2 Å². The van der Waals surface area contributed by atoms with Gasteiger partial charge < -0.3 is 5.32 Å². The number of hydrogen-bond donors (Lipinski definition) is 2. The van der Waals surface area contributed by atoms with Gasteiger partial charge in [0.2, 0.25) is 0 Å². The maximum absolute atomic E-state index is 12.0. The van der Waals surface area contributed by atoms with Crippen LogP contribution in [0.3, 0.4) is 0 Å². The van der Waals surface area contributed by atoms with Crippen LogP contribution in [0.2, 0.25) is 5.15 Å². The van der Waals surface area contributed by atoms with E-state index in [9.17, 15) is 4.79 Å². The molecule has 0 atom stereocenters. The number of nitriles is 1. The van der Waals surface area contributed by atoms with Crippen molar-refractivity contribution in [3.05, 3.63) is 37.9 Å². The Bertz CT molecular complexity index is 746. The number of nitrogens with one attached hydrogen (secondary N) is 2. The molecule has 21 heavy (non-hydrogen) atoms. The molecule has 0 saturated heterocycles. The Hall–Kier alpha value is -1.91. The molecule has 0 aliphatic carbocycles. The van der Waals surface area contributed by atoms with Gasteiger partial charge in [-0.2, -0.15) is 14.7 Å². The van der Waals surface area contributed by atoms with E-state index in [1.807, 2.05) is 19.9 Å². The van der Waals surface area contributed by atoms with E-state index in [4.69, 9.17) is 16.9 Å². The molecule has 8 heteroatoms. The Morgan fingerprint density at radius 2 is 2.14 bits per heavy atom. The highest BCUT2D eigenvalue weighted by molar-refractivity contribution is 7.10. The molecule has 2 N–H and O–H groups in total. The van der Waals surface area contributed by atoms with Gasteiger partial charge in [0.05, 0.1) is 5.69 Å². The third-order valence-electron chi connectivity index (χ3n) is 3.16. The highest BCUT2D eigenvalue weighted by atomic mass is 35.5. The van der Waals surface area contributed by atoms with E-state index in [2.05, 4.69) is 19.9 Å². The summed E-state index contributed by atoms with van der Waals surface area (Å²) in [5, 5.41) is 19.4. The molecule has 110 valence electrons. The fraction of sp³-hybridized carbons (Fsp3) is 0.385. The summed E-state index contributed by atoms with van der Waals surface area (Å²) in [6.45, 7) is 4.29. The number of rotatable bonds is 5. The minimum Gasteiger partial charge on any atom is -0.370 e.